The van der Waals surface area contributed by atoms with Crippen LogP contribution in [0.3, 0.4) is 0 Å². The van der Waals surface area contributed by atoms with Crippen LogP contribution < -0.4 is 0 Å². The minimum atomic E-state index is -1.57. The van der Waals surface area contributed by atoms with Crippen molar-refractivity contribution in [2.45, 2.75) is 25.9 Å². The largest absolute Gasteiger partial charge is 0.468 e. The van der Waals surface area contributed by atoms with E-state index in [4.69, 9.17) is 9.47 Å². The zero-order chi connectivity index (χ0) is 18.7. The van der Waals surface area contributed by atoms with Crippen LogP contribution in [0.25, 0.3) is 10.9 Å². The van der Waals surface area contributed by atoms with Crippen LogP contribution in [0.4, 0.5) is 0 Å². The van der Waals surface area contributed by atoms with E-state index in [-0.39, 0.29) is 6.61 Å². The highest BCUT2D eigenvalue weighted by Gasteiger charge is 2.46. The Labute approximate surface area is 151 Å². The molecule has 0 spiro atoms. The number of rotatable bonds is 5. The molecule has 0 fully saturated rings. The summed E-state index contributed by atoms with van der Waals surface area (Å²) in [5.41, 5.74) is 1.52. The van der Waals surface area contributed by atoms with E-state index < -0.39 is 17.4 Å². The van der Waals surface area contributed by atoms with E-state index in [1.54, 1.807) is 18.3 Å². The fraction of sp³-hybridized carbons (Fsp3) is 0.250. The third kappa shape index (κ3) is 3.06. The highest BCUT2D eigenvalue weighted by atomic mass is 16.6. The summed E-state index contributed by atoms with van der Waals surface area (Å²) in [6.07, 6.45) is 1.65. The highest BCUT2D eigenvalue weighted by molar-refractivity contribution is 6.06. The maximum atomic E-state index is 12.9. The summed E-state index contributed by atoms with van der Waals surface area (Å²) in [6.45, 7) is 3.49. The second-order valence-corrected chi connectivity index (χ2v) is 6.31. The zero-order valence-corrected chi connectivity index (χ0v) is 14.9. The molecule has 3 rings (SSSR count). The summed E-state index contributed by atoms with van der Waals surface area (Å²) >= 11 is 0. The SMILES string of the molecule is COC(=O)[C@](C)(C(=O)OCc1ccccc1)c1cc(C)c2[nH]ncc2c1. The standard InChI is InChI=1S/C20H20N2O4/c1-13-9-16(10-15-11-21-22-17(13)15)20(2,18(23)25-3)19(24)26-12-14-7-5-4-6-8-14/h4-11H,12H2,1-3H3,(H,21,22)/t20-/m1/s1. The lowest BCUT2D eigenvalue weighted by atomic mass is 9.81. The molecule has 26 heavy (non-hydrogen) atoms. The number of aryl methyl sites for hydroxylation is 1. The van der Waals surface area contributed by atoms with Crippen molar-refractivity contribution in [3.8, 4) is 0 Å². The summed E-state index contributed by atoms with van der Waals surface area (Å²) < 4.78 is 10.4. The molecule has 0 saturated heterocycles. The van der Waals surface area contributed by atoms with Gasteiger partial charge in [0.1, 0.15) is 6.61 Å². The number of aromatic nitrogens is 2. The van der Waals surface area contributed by atoms with Crippen LogP contribution >= 0.6 is 0 Å². The van der Waals surface area contributed by atoms with Crippen LogP contribution in [-0.4, -0.2) is 29.2 Å². The number of carbonyl (C=O) groups excluding carboxylic acids is 2. The Bertz CT molecular complexity index is 949. The van der Waals surface area contributed by atoms with Crippen LogP contribution in [0.15, 0.2) is 48.7 Å². The average molecular weight is 352 g/mol. The normalized spacial score (nSPS) is 13.2. The van der Waals surface area contributed by atoms with Gasteiger partial charge in [-0.2, -0.15) is 5.10 Å². The molecule has 1 N–H and O–H groups in total. The van der Waals surface area contributed by atoms with Gasteiger partial charge in [0.15, 0.2) is 5.41 Å². The summed E-state index contributed by atoms with van der Waals surface area (Å²) in [6, 6.07) is 12.8. The molecular formula is C20H20N2O4. The van der Waals surface area contributed by atoms with Crippen molar-refractivity contribution in [1.82, 2.24) is 10.2 Å². The van der Waals surface area contributed by atoms with Crippen LogP contribution in [-0.2, 0) is 31.1 Å². The van der Waals surface area contributed by atoms with Crippen molar-refractivity contribution >= 4 is 22.8 Å². The molecule has 0 aliphatic carbocycles. The average Bonchev–Trinajstić information content (AvgIpc) is 3.14. The number of hydrogen-bond acceptors (Lipinski definition) is 5. The van der Waals surface area contributed by atoms with Crippen molar-refractivity contribution in [3.63, 3.8) is 0 Å². The van der Waals surface area contributed by atoms with E-state index in [2.05, 4.69) is 10.2 Å². The van der Waals surface area contributed by atoms with E-state index in [1.165, 1.54) is 14.0 Å². The Balaban J connectivity index is 1.97. The first-order valence-corrected chi connectivity index (χ1v) is 8.20. The molecule has 0 unspecified atom stereocenters. The predicted octanol–water partition coefficient (Wildman–Crippen LogP) is 3.05. The summed E-state index contributed by atoms with van der Waals surface area (Å²) in [7, 11) is 1.26. The minimum Gasteiger partial charge on any atom is -0.468 e. The molecule has 0 bridgehead atoms. The Morgan fingerprint density at radius 3 is 2.58 bits per heavy atom. The smallest absolute Gasteiger partial charge is 0.328 e. The molecule has 1 aromatic heterocycles. The number of fused-ring (bicyclic) bond motifs is 1. The second-order valence-electron chi connectivity index (χ2n) is 6.31. The molecule has 6 nitrogen and oxygen atoms in total. The lowest BCUT2D eigenvalue weighted by Crippen LogP contribution is -2.43. The van der Waals surface area contributed by atoms with Gasteiger partial charge in [-0.25, -0.2) is 0 Å². The quantitative estimate of drug-likeness (QED) is 0.564. The first-order valence-electron chi connectivity index (χ1n) is 8.20. The van der Waals surface area contributed by atoms with Gasteiger partial charge in [-0.05, 0) is 36.6 Å². The second kappa shape index (κ2) is 7.00. The predicted molar refractivity (Wildman–Crippen MR) is 96.4 cm³/mol. The fourth-order valence-corrected chi connectivity index (χ4v) is 2.91. The van der Waals surface area contributed by atoms with Crippen LogP contribution in [0.5, 0.6) is 0 Å². The Morgan fingerprint density at radius 2 is 1.88 bits per heavy atom. The van der Waals surface area contributed by atoms with E-state index in [0.717, 1.165) is 22.0 Å². The number of benzene rings is 2. The summed E-state index contributed by atoms with van der Waals surface area (Å²) in [5, 5.41) is 7.73. The van der Waals surface area contributed by atoms with Gasteiger partial charge in [-0.1, -0.05) is 36.4 Å². The third-order valence-electron chi connectivity index (χ3n) is 4.54. The van der Waals surface area contributed by atoms with Gasteiger partial charge in [0.2, 0.25) is 0 Å². The van der Waals surface area contributed by atoms with Crippen molar-refractivity contribution in [1.29, 1.82) is 0 Å². The molecule has 0 amide bonds. The van der Waals surface area contributed by atoms with Gasteiger partial charge in [-0.3, -0.25) is 14.7 Å². The number of carbonyl (C=O) groups is 2. The van der Waals surface area contributed by atoms with Gasteiger partial charge in [0.05, 0.1) is 18.8 Å². The van der Waals surface area contributed by atoms with Gasteiger partial charge >= 0.3 is 11.9 Å². The first-order chi connectivity index (χ1) is 12.5. The number of nitrogens with zero attached hydrogens (tertiary/aromatic N) is 1. The number of ether oxygens (including phenoxy) is 2. The van der Waals surface area contributed by atoms with Gasteiger partial charge in [-0.15, -0.1) is 0 Å². The van der Waals surface area contributed by atoms with Crippen molar-refractivity contribution in [3.05, 3.63) is 65.4 Å². The fourth-order valence-electron chi connectivity index (χ4n) is 2.91. The van der Waals surface area contributed by atoms with Crippen molar-refractivity contribution < 1.29 is 19.1 Å². The molecule has 0 saturated carbocycles. The van der Waals surface area contributed by atoms with Gasteiger partial charge in [0.25, 0.3) is 0 Å². The van der Waals surface area contributed by atoms with Gasteiger partial charge in [0, 0.05) is 5.39 Å². The number of methoxy groups -OCH3 is 1. The molecule has 6 heteroatoms. The van der Waals surface area contributed by atoms with E-state index in [9.17, 15) is 9.59 Å². The Hall–Kier alpha value is -3.15. The Kier molecular flexibility index (Phi) is 4.75. The first kappa shape index (κ1) is 17.7. The molecule has 1 heterocycles. The van der Waals surface area contributed by atoms with E-state index in [0.29, 0.717) is 5.56 Å². The minimum absolute atomic E-state index is 0.0825. The van der Waals surface area contributed by atoms with Crippen LogP contribution in [0.1, 0.15) is 23.6 Å². The molecule has 1 atom stereocenters. The van der Waals surface area contributed by atoms with Gasteiger partial charge < -0.3 is 9.47 Å². The number of nitrogens with one attached hydrogen (secondary N) is 1. The maximum absolute atomic E-state index is 12.9. The number of aromatic amines is 1. The molecule has 134 valence electrons. The summed E-state index contributed by atoms with van der Waals surface area (Å²) in [4.78, 5) is 25.4. The van der Waals surface area contributed by atoms with Crippen LogP contribution in [0.2, 0.25) is 0 Å². The number of hydrogen-bond donors (Lipinski definition) is 1. The zero-order valence-electron chi connectivity index (χ0n) is 14.9. The molecular weight excluding hydrogens is 332 g/mol. The summed E-state index contributed by atoms with van der Waals surface area (Å²) in [5.74, 6) is -1.33. The van der Waals surface area contributed by atoms with Crippen LogP contribution in [0, 0.1) is 6.92 Å². The molecule has 3 aromatic rings. The highest BCUT2D eigenvalue weighted by Crippen LogP contribution is 2.31. The molecule has 0 aliphatic heterocycles. The Morgan fingerprint density at radius 1 is 1.15 bits per heavy atom. The monoisotopic (exact) mass is 352 g/mol. The number of esters is 2. The van der Waals surface area contributed by atoms with E-state index in [1.807, 2.05) is 37.3 Å². The maximum Gasteiger partial charge on any atom is 0.328 e. The number of H-pyrrole nitrogens is 1. The topological polar surface area (TPSA) is 81.3 Å². The van der Waals surface area contributed by atoms with E-state index >= 15 is 0 Å². The third-order valence-corrected chi connectivity index (χ3v) is 4.54. The molecule has 2 aromatic carbocycles. The lowest BCUT2D eigenvalue weighted by molar-refractivity contribution is -0.163. The van der Waals surface area contributed by atoms with Crippen molar-refractivity contribution in [2.24, 2.45) is 0 Å². The molecule has 0 radical (unpaired) electrons. The van der Waals surface area contributed by atoms with Crippen molar-refractivity contribution in [2.75, 3.05) is 7.11 Å². The lowest BCUT2D eigenvalue weighted by Gasteiger charge is -2.25. The molecule has 0 aliphatic rings.